The maximum atomic E-state index is 12.8. The molecule has 0 saturated carbocycles. The van der Waals surface area contributed by atoms with Crippen LogP contribution in [0.25, 0.3) is 0 Å². The molecule has 4 heteroatoms. The molecule has 0 unspecified atom stereocenters. The number of halogens is 1. The molecule has 1 rings (SSSR count). The topological polar surface area (TPSA) is 29.1 Å². The molecule has 0 fully saturated rings. The predicted octanol–water partition coefficient (Wildman–Crippen LogP) is 4.10. The number of nitrogens with one attached hydrogen (secondary N) is 1. The predicted molar refractivity (Wildman–Crippen MR) is 88.7 cm³/mol. The van der Waals surface area contributed by atoms with Crippen LogP contribution >= 0.6 is 11.8 Å². The molecule has 0 saturated heterocycles. The third kappa shape index (κ3) is 6.98. The molecule has 1 N–H and O–H groups in total. The SMILES string of the molecule is CC(C)C(CNC(=O)CSCc1ccc(F)cc1)C(C)C. The quantitative estimate of drug-likeness (QED) is 0.783. The Balaban J connectivity index is 2.26. The van der Waals surface area contributed by atoms with E-state index in [1.165, 1.54) is 12.1 Å². The summed E-state index contributed by atoms with van der Waals surface area (Å²) < 4.78 is 12.8. The number of hydrogen-bond donors (Lipinski definition) is 1. The van der Waals surface area contributed by atoms with Gasteiger partial charge in [-0.15, -0.1) is 11.8 Å². The lowest BCUT2D eigenvalue weighted by atomic mass is 9.85. The number of thioether (sulfide) groups is 1. The van der Waals surface area contributed by atoms with Gasteiger partial charge < -0.3 is 5.32 Å². The van der Waals surface area contributed by atoms with Crippen LogP contribution in [0.5, 0.6) is 0 Å². The van der Waals surface area contributed by atoms with Crippen LogP contribution in [0.3, 0.4) is 0 Å². The molecule has 0 radical (unpaired) electrons. The van der Waals surface area contributed by atoms with Crippen LogP contribution in [0.1, 0.15) is 33.3 Å². The summed E-state index contributed by atoms with van der Waals surface area (Å²) >= 11 is 1.55. The van der Waals surface area contributed by atoms with Crippen LogP contribution in [-0.4, -0.2) is 18.2 Å². The molecule has 0 heterocycles. The fraction of sp³-hybridized carbons (Fsp3) is 0.588. The Morgan fingerprint density at radius 2 is 1.71 bits per heavy atom. The minimum Gasteiger partial charge on any atom is -0.355 e. The molecule has 0 aliphatic carbocycles. The first-order valence-corrected chi connectivity index (χ1v) is 8.64. The minimum absolute atomic E-state index is 0.0772. The summed E-state index contributed by atoms with van der Waals surface area (Å²) in [6.07, 6.45) is 0. The highest BCUT2D eigenvalue weighted by Crippen LogP contribution is 2.19. The Bertz CT molecular complexity index is 423. The van der Waals surface area contributed by atoms with Crippen molar-refractivity contribution < 1.29 is 9.18 Å². The van der Waals surface area contributed by atoms with E-state index in [4.69, 9.17) is 0 Å². The molecule has 118 valence electrons. The van der Waals surface area contributed by atoms with E-state index in [0.29, 0.717) is 23.5 Å². The Morgan fingerprint density at radius 3 is 2.24 bits per heavy atom. The third-order valence-corrected chi connectivity index (χ3v) is 4.67. The summed E-state index contributed by atoms with van der Waals surface area (Å²) in [5.41, 5.74) is 1.04. The lowest BCUT2D eigenvalue weighted by molar-refractivity contribution is -0.118. The van der Waals surface area contributed by atoms with E-state index in [1.807, 2.05) is 0 Å². The van der Waals surface area contributed by atoms with Gasteiger partial charge in [0.2, 0.25) is 5.91 Å². The second-order valence-electron chi connectivity index (χ2n) is 6.08. The van der Waals surface area contributed by atoms with E-state index in [-0.39, 0.29) is 11.7 Å². The molecular formula is C17H26FNOS. The van der Waals surface area contributed by atoms with Crippen molar-refractivity contribution in [3.8, 4) is 0 Å². The van der Waals surface area contributed by atoms with Crippen molar-refractivity contribution >= 4 is 17.7 Å². The largest absolute Gasteiger partial charge is 0.355 e. The van der Waals surface area contributed by atoms with Gasteiger partial charge in [0.15, 0.2) is 0 Å². The highest BCUT2D eigenvalue weighted by atomic mass is 32.2. The maximum Gasteiger partial charge on any atom is 0.230 e. The Labute approximate surface area is 131 Å². The Hall–Kier alpha value is -1.03. The summed E-state index contributed by atoms with van der Waals surface area (Å²) in [6.45, 7) is 9.52. The molecule has 0 atom stereocenters. The second kappa shape index (κ2) is 9.08. The average Bonchev–Trinajstić information content (AvgIpc) is 2.40. The zero-order valence-electron chi connectivity index (χ0n) is 13.4. The number of amides is 1. The molecular weight excluding hydrogens is 285 g/mol. The lowest BCUT2D eigenvalue weighted by Gasteiger charge is -2.25. The molecule has 1 amide bonds. The molecule has 0 aliphatic heterocycles. The summed E-state index contributed by atoms with van der Waals surface area (Å²) in [7, 11) is 0. The van der Waals surface area contributed by atoms with Gasteiger partial charge in [0.05, 0.1) is 5.75 Å². The second-order valence-corrected chi connectivity index (χ2v) is 7.06. The van der Waals surface area contributed by atoms with Crippen molar-refractivity contribution in [3.05, 3.63) is 35.6 Å². The van der Waals surface area contributed by atoms with Gasteiger partial charge in [-0.25, -0.2) is 4.39 Å². The molecule has 1 aromatic carbocycles. The van der Waals surface area contributed by atoms with Crippen LogP contribution in [0.2, 0.25) is 0 Å². The number of benzene rings is 1. The minimum atomic E-state index is -0.227. The van der Waals surface area contributed by atoms with Crippen LogP contribution in [0.4, 0.5) is 4.39 Å². The van der Waals surface area contributed by atoms with E-state index in [2.05, 4.69) is 33.0 Å². The Kier molecular flexibility index (Phi) is 7.79. The van der Waals surface area contributed by atoms with Crippen LogP contribution in [-0.2, 0) is 10.5 Å². The first-order valence-electron chi connectivity index (χ1n) is 7.49. The van der Waals surface area contributed by atoms with Gasteiger partial charge in [-0.05, 0) is 35.4 Å². The monoisotopic (exact) mass is 311 g/mol. The van der Waals surface area contributed by atoms with Gasteiger partial charge in [-0.1, -0.05) is 39.8 Å². The van der Waals surface area contributed by atoms with Gasteiger partial charge in [0, 0.05) is 12.3 Å². The van der Waals surface area contributed by atoms with Crippen molar-refractivity contribution in [3.63, 3.8) is 0 Å². The van der Waals surface area contributed by atoms with Gasteiger partial charge in [-0.2, -0.15) is 0 Å². The summed E-state index contributed by atoms with van der Waals surface area (Å²) in [5.74, 6) is 2.67. The van der Waals surface area contributed by atoms with Gasteiger partial charge in [0.25, 0.3) is 0 Å². The first kappa shape index (κ1) is 18.0. The fourth-order valence-electron chi connectivity index (χ4n) is 2.37. The fourth-order valence-corrected chi connectivity index (χ4v) is 3.18. The zero-order chi connectivity index (χ0) is 15.8. The van der Waals surface area contributed by atoms with Gasteiger partial charge in [-0.3, -0.25) is 4.79 Å². The van der Waals surface area contributed by atoms with E-state index >= 15 is 0 Å². The average molecular weight is 311 g/mol. The van der Waals surface area contributed by atoms with E-state index in [0.717, 1.165) is 17.9 Å². The van der Waals surface area contributed by atoms with Gasteiger partial charge >= 0.3 is 0 Å². The van der Waals surface area contributed by atoms with Crippen molar-refractivity contribution in [1.29, 1.82) is 0 Å². The number of rotatable bonds is 8. The van der Waals surface area contributed by atoms with Crippen LogP contribution in [0.15, 0.2) is 24.3 Å². The molecule has 0 bridgehead atoms. The molecule has 1 aromatic rings. The Morgan fingerprint density at radius 1 is 1.14 bits per heavy atom. The molecule has 0 aliphatic rings. The number of carbonyl (C=O) groups excluding carboxylic acids is 1. The van der Waals surface area contributed by atoms with Crippen LogP contribution in [0, 0.1) is 23.6 Å². The molecule has 2 nitrogen and oxygen atoms in total. The normalized spacial score (nSPS) is 11.4. The van der Waals surface area contributed by atoms with Crippen molar-refractivity contribution in [1.82, 2.24) is 5.32 Å². The molecule has 21 heavy (non-hydrogen) atoms. The summed E-state index contributed by atoms with van der Waals surface area (Å²) in [5, 5.41) is 3.02. The van der Waals surface area contributed by atoms with Gasteiger partial charge in [0.1, 0.15) is 5.82 Å². The first-order chi connectivity index (χ1) is 9.90. The maximum absolute atomic E-state index is 12.8. The lowest BCUT2D eigenvalue weighted by Crippen LogP contribution is -2.34. The smallest absolute Gasteiger partial charge is 0.230 e. The third-order valence-electron chi connectivity index (χ3n) is 3.66. The van der Waals surface area contributed by atoms with Crippen molar-refractivity contribution in [2.45, 2.75) is 33.4 Å². The highest BCUT2D eigenvalue weighted by molar-refractivity contribution is 7.99. The molecule has 0 spiro atoms. The summed E-state index contributed by atoms with van der Waals surface area (Å²) in [6, 6.07) is 6.42. The highest BCUT2D eigenvalue weighted by Gasteiger charge is 2.18. The standard InChI is InChI=1S/C17H26FNOS/c1-12(2)16(13(3)4)9-19-17(20)11-21-10-14-5-7-15(18)8-6-14/h5-8,12-13,16H,9-11H2,1-4H3,(H,19,20). The van der Waals surface area contributed by atoms with Crippen LogP contribution < -0.4 is 5.32 Å². The van der Waals surface area contributed by atoms with E-state index in [1.54, 1.807) is 23.9 Å². The van der Waals surface area contributed by atoms with E-state index < -0.39 is 0 Å². The zero-order valence-corrected chi connectivity index (χ0v) is 14.2. The van der Waals surface area contributed by atoms with Crippen molar-refractivity contribution in [2.24, 2.45) is 17.8 Å². The number of hydrogen-bond acceptors (Lipinski definition) is 2. The molecule has 0 aromatic heterocycles. The van der Waals surface area contributed by atoms with E-state index in [9.17, 15) is 9.18 Å². The number of carbonyl (C=O) groups is 1. The summed E-state index contributed by atoms with van der Waals surface area (Å²) in [4.78, 5) is 11.8. The van der Waals surface area contributed by atoms with Crippen molar-refractivity contribution in [2.75, 3.05) is 12.3 Å².